The molecule has 0 aliphatic heterocycles. The Morgan fingerprint density at radius 2 is 1.72 bits per heavy atom. The maximum Gasteiger partial charge on any atom is 0.534 e. The van der Waals surface area contributed by atoms with Gasteiger partial charge in [0, 0.05) is 18.8 Å². The average molecular weight is 377 g/mol. The minimum absolute atomic E-state index is 0.202. The molecule has 0 bridgehead atoms. The number of carbonyl (C=O) groups is 1. The van der Waals surface area contributed by atoms with Gasteiger partial charge in [-0.3, -0.25) is 0 Å². The van der Waals surface area contributed by atoms with Gasteiger partial charge in [-0.2, -0.15) is 21.6 Å². The number of halogens is 3. The third kappa shape index (κ3) is 4.53. The Morgan fingerprint density at radius 1 is 1.16 bits per heavy atom. The fourth-order valence-corrected chi connectivity index (χ4v) is 2.54. The van der Waals surface area contributed by atoms with E-state index in [0.717, 1.165) is 12.1 Å². The Balaban J connectivity index is 2.15. The number of methoxy groups -OCH3 is 1. The monoisotopic (exact) mass is 377 g/mol. The van der Waals surface area contributed by atoms with E-state index in [-0.39, 0.29) is 6.42 Å². The van der Waals surface area contributed by atoms with Gasteiger partial charge in [0.2, 0.25) is 0 Å². The summed E-state index contributed by atoms with van der Waals surface area (Å²) in [4.78, 5) is 11.9. The Morgan fingerprint density at radius 3 is 2.20 bits per heavy atom. The van der Waals surface area contributed by atoms with Crippen molar-refractivity contribution in [2.24, 2.45) is 0 Å². The van der Waals surface area contributed by atoms with Crippen molar-refractivity contribution in [3.8, 4) is 5.75 Å². The Labute approximate surface area is 141 Å². The summed E-state index contributed by atoms with van der Waals surface area (Å²) in [7, 11) is -4.47. The molecule has 6 nitrogen and oxygen atoms in total. The number of alkyl halides is 3. The van der Waals surface area contributed by atoms with Crippen molar-refractivity contribution in [2.75, 3.05) is 7.11 Å². The summed E-state index contributed by atoms with van der Waals surface area (Å²) in [6.07, 6.45) is 3.55. The van der Waals surface area contributed by atoms with Gasteiger partial charge in [-0.05, 0) is 29.8 Å². The molecule has 1 atom stereocenters. The van der Waals surface area contributed by atoms with Crippen molar-refractivity contribution in [2.45, 2.75) is 18.0 Å². The molecule has 1 aromatic heterocycles. The van der Waals surface area contributed by atoms with Crippen LogP contribution in [0.3, 0.4) is 0 Å². The van der Waals surface area contributed by atoms with Crippen molar-refractivity contribution in [3.05, 3.63) is 54.4 Å². The van der Waals surface area contributed by atoms with Crippen LogP contribution in [0.2, 0.25) is 0 Å². The summed E-state index contributed by atoms with van der Waals surface area (Å²) < 4.78 is 69.2. The normalized spacial score (nSPS) is 13.3. The topological polar surface area (TPSA) is 74.6 Å². The molecule has 0 saturated carbocycles. The zero-order valence-corrected chi connectivity index (χ0v) is 13.8. The van der Waals surface area contributed by atoms with Crippen LogP contribution in [-0.4, -0.2) is 31.6 Å². The van der Waals surface area contributed by atoms with Crippen molar-refractivity contribution >= 4 is 16.1 Å². The molecule has 0 amide bonds. The van der Waals surface area contributed by atoms with E-state index < -0.39 is 33.4 Å². The highest BCUT2D eigenvalue weighted by Crippen LogP contribution is 2.27. The maximum atomic E-state index is 12.3. The number of hydrogen-bond donors (Lipinski definition) is 0. The third-order valence-corrected chi connectivity index (χ3v) is 4.28. The molecule has 2 rings (SSSR count). The van der Waals surface area contributed by atoms with Crippen molar-refractivity contribution in [1.29, 1.82) is 0 Å². The summed E-state index contributed by atoms with van der Waals surface area (Å²) in [5.74, 6) is -0.965. The standard InChI is InChI=1S/C15H14F3NO5S/c1-23-14(20)13(19-8-2-3-9-19)10-11-4-6-12(7-5-11)24-25(21,22)15(16,17)18/h2-9,13H,10H2,1H3/t13-/m0/s1. The Kier molecular flexibility index (Phi) is 5.41. The minimum atomic E-state index is -5.72. The highest BCUT2D eigenvalue weighted by molar-refractivity contribution is 7.88. The minimum Gasteiger partial charge on any atom is -0.467 e. The third-order valence-electron chi connectivity index (χ3n) is 3.30. The summed E-state index contributed by atoms with van der Waals surface area (Å²) in [5, 5.41) is 0. The molecule has 25 heavy (non-hydrogen) atoms. The van der Waals surface area contributed by atoms with Crippen molar-refractivity contribution in [1.82, 2.24) is 4.57 Å². The zero-order chi connectivity index (χ0) is 18.7. The number of aromatic nitrogens is 1. The molecule has 0 aliphatic rings. The van der Waals surface area contributed by atoms with E-state index in [0.29, 0.717) is 5.56 Å². The largest absolute Gasteiger partial charge is 0.534 e. The predicted molar refractivity (Wildman–Crippen MR) is 81.2 cm³/mol. The quantitative estimate of drug-likeness (QED) is 0.440. The molecule has 0 radical (unpaired) electrons. The maximum absolute atomic E-state index is 12.3. The molecular weight excluding hydrogens is 363 g/mol. The lowest BCUT2D eigenvalue weighted by atomic mass is 10.1. The van der Waals surface area contributed by atoms with Gasteiger partial charge in [-0.1, -0.05) is 12.1 Å². The van der Waals surface area contributed by atoms with Gasteiger partial charge < -0.3 is 13.5 Å². The highest BCUT2D eigenvalue weighted by Gasteiger charge is 2.48. The highest BCUT2D eigenvalue weighted by atomic mass is 32.2. The zero-order valence-electron chi connectivity index (χ0n) is 12.9. The first-order valence-corrected chi connectivity index (χ1v) is 8.35. The van der Waals surface area contributed by atoms with E-state index in [9.17, 15) is 26.4 Å². The molecule has 0 aliphatic carbocycles. The van der Waals surface area contributed by atoms with E-state index in [1.807, 2.05) is 0 Å². The molecule has 0 saturated heterocycles. The smallest absolute Gasteiger partial charge is 0.467 e. The molecular formula is C15H14F3NO5S. The number of rotatable bonds is 6. The summed E-state index contributed by atoms with van der Waals surface area (Å²) in [6.45, 7) is 0. The second-order valence-corrected chi connectivity index (χ2v) is 6.54. The van der Waals surface area contributed by atoms with Crippen molar-refractivity contribution < 1.29 is 35.3 Å². The fraction of sp³-hybridized carbons (Fsp3) is 0.267. The molecule has 0 N–H and O–H groups in total. The number of nitrogens with zero attached hydrogens (tertiary/aromatic N) is 1. The Bertz CT molecular complexity index is 814. The van der Waals surface area contributed by atoms with E-state index in [1.165, 1.54) is 19.2 Å². The molecule has 10 heteroatoms. The van der Waals surface area contributed by atoms with E-state index in [2.05, 4.69) is 4.18 Å². The SMILES string of the molecule is COC(=O)[C@H](Cc1ccc(OS(=O)(=O)C(F)(F)F)cc1)n1cccc1. The first kappa shape index (κ1) is 18.8. The van der Waals surface area contributed by atoms with Crippen LogP contribution in [0.1, 0.15) is 11.6 Å². The van der Waals surface area contributed by atoms with E-state index in [1.54, 1.807) is 29.1 Å². The average Bonchev–Trinajstić information content (AvgIpc) is 3.06. The predicted octanol–water partition coefficient (Wildman–Crippen LogP) is 2.67. The number of esters is 1. The summed E-state index contributed by atoms with van der Waals surface area (Å²) in [5.41, 5.74) is -4.92. The van der Waals surface area contributed by atoms with Gasteiger partial charge in [0.25, 0.3) is 0 Å². The van der Waals surface area contributed by atoms with Crippen LogP contribution in [0.5, 0.6) is 5.75 Å². The van der Waals surface area contributed by atoms with Gasteiger partial charge in [0.1, 0.15) is 11.8 Å². The molecule has 0 spiro atoms. The van der Waals surface area contributed by atoms with Gasteiger partial charge >= 0.3 is 21.6 Å². The number of ether oxygens (including phenoxy) is 1. The molecule has 0 unspecified atom stereocenters. The van der Waals surface area contributed by atoms with Crippen LogP contribution in [0.15, 0.2) is 48.8 Å². The van der Waals surface area contributed by atoms with Crippen LogP contribution in [0.4, 0.5) is 13.2 Å². The van der Waals surface area contributed by atoms with Gasteiger partial charge in [0.15, 0.2) is 0 Å². The first-order chi connectivity index (χ1) is 11.6. The molecule has 1 aromatic carbocycles. The summed E-state index contributed by atoms with van der Waals surface area (Å²) in [6, 6.07) is 7.72. The van der Waals surface area contributed by atoms with Crippen LogP contribution in [0, 0.1) is 0 Å². The Hall–Kier alpha value is -2.49. The molecule has 1 heterocycles. The van der Waals surface area contributed by atoms with Crippen molar-refractivity contribution in [3.63, 3.8) is 0 Å². The lowest BCUT2D eigenvalue weighted by Crippen LogP contribution is -2.28. The molecule has 2 aromatic rings. The lowest BCUT2D eigenvalue weighted by Gasteiger charge is -2.17. The van der Waals surface area contributed by atoms with Gasteiger partial charge in [-0.15, -0.1) is 0 Å². The van der Waals surface area contributed by atoms with Gasteiger partial charge in [-0.25, -0.2) is 4.79 Å². The van der Waals surface area contributed by atoms with Crippen LogP contribution in [0.25, 0.3) is 0 Å². The number of carbonyl (C=O) groups excluding carboxylic acids is 1. The fourth-order valence-electron chi connectivity index (χ4n) is 2.08. The second kappa shape index (κ2) is 7.18. The summed E-state index contributed by atoms with van der Waals surface area (Å²) >= 11 is 0. The van der Waals surface area contributed by atoms with Crippen LogP contribution in [-0.2, 0) is 26.1 Å². The van der Waals surface area contributed by atoms with E-state index >= 15 is 0 Å². The van der Waals surface area contributed by atoms with Crippen LogP contribution < -0.4 is 4.18 Å². The van der Waals surface area contributed by atoms with E-state index in [4.69, 9.17) is 4.74 Å². The van der Waals surface area contributed by atoms with Gasteiger partial charge in [0.05, 0.1) is 7.11 Å². The van der Waals surface area contributed by atoms with Crippen LogP contribution >= 0.6 is 0 Å². The number of hydrogen-bond acceptors (Lipinski definition) is 5. The lowest BCUT2D eigenvalue weighted by molar-refractivity contribution is -0.144. The molecule has 0 fully saturated rings. The first-order valence-electron chi connectivity index (χ1n) is 6.94. The molecule has 136 valence electrons. The number of benzene rings is 1. The second-order valence-electron chi connectivity index (χ2n) is 5.00.